The molecule has 0 aromatic heterocycles. The lowest BCUT2D eigenvalue weighted by atomic mass is 10.2. The van der Waals surface area contributed by atoms with E-state index in [2.05, 4.69) is 0 Å². The van der Waals surface area contributed by atoms with Crippen LogP contribution in [-0.4, -0.2) is 22.2 Å². The van der Waals surface area contributed by atoms with Crippen LogP contribution in [0.1, 0.15) is 25.7 Å². The Bertz CT molecular complexity index is 381. The monoisotopic (exact) mass is 250 g/mol. The molecule has 2 fully saturated rings. The van der Waals surface area contributed by atoms with Gasteiger partial charge in [-0.2, -0.15) is 10.5 Å². The van der Waals surface area contributed by atoms with E-state index in [0.29, 0.717) is 25.7 Å². The lowest BCUT2D eigenvalue weighted by molar-refractivity contribution is -0.139. The summed E-state index contributed by atoms with van der Waals surface area (Å²) in [6, 6.07) is 3.90. The van der Waals surface area contributed by atoms with Crippen molar-refractivity contribution in [3.63, 3.8) is 0 Å². The van der Waals surface area contributed by atoms with E-state index in [1.807, 2.05) is 12.1 Å². The molecule has 0 radical (unpaired) electrons. The molecular weight excluding hydrogens is 236 g/mol. The zero-order chi connectivity index (χ0) is 13.7. The van der Waals surface area contributed by atoms with Gasteiger partial charge in [-0.15, -0.1) is 0 Å². The van der Waals surface area contributed by atoms with Gasteiger partial charge in [-0.1, -0.05) is 0 Å². The number of aliphatic carboxylic acids is 2. The van der Waals surface area contributed by atoms with Crippen molar-refractivity contribution >= 4 is 11.9 Å². The third-order valence-electron chi connectivity index (χ3n) is 3.19. The molecule has 0 aliphatic heterocycles. The van der Waals surface area contributed by atoms with Gasteiger partial charge in [0.05, 0.1) is 24.0 Å². The maximum absolute atomic E-state index is 10.1. The zero-order valence-electron chi connectivity index (χ0n) is 9.74. The molecule has 0 unspecified atom stereocenters. The molecule has 18 heavy (non-hydrogen) atoms. The lowest BCUT2D eigenvalue weighted by Crippen LogP contribution is -1.98. The normalized spacial score (nSPS) is 31.0. The van der Waals surface area contributed by atoms with Crippen LogP contribution in [0.4, 0.5) is 0 Å². The van der Waals surface area contributed by atoms with Gasteiger partial charge in [0.1, 0.15) is 0 Å². The minimum atomic E-state index is -0.754. The van der Waals surface area contributed by atoms with Crippen molar-refractivity contribution in [1.82, 2.24) is 0 Å². The molecule has 96 valence electrons. The third-order valence-corrected chi connectivity index (χ3v) is 3.19. The molecule has 0 aromatic rings. The van der Waals surface area contributed by atoms with E-state index in [0.717, 1.165) is 0 Å². The minimum Gasteiger partial charge on any atom is -0.481 e. The fourth-order valence-electron chi connectivity index (χ4n) is 1.79. The van der Waals surface area contributed by atoms with Gasteiger partial charge >= 0.3 is 11.9 Å². The largest absolute Gasteiger partial charge is 0.481 e. The van der Waals surface area contributed by atoms with Crippen LogP contribution in [0.5, 0.6) is 0 Å². The van der Waals surface area contributed by atoms with E-state index in [-0.39, 0.29) is 23.7 Å². The average molecular weight is 250 g/mol. The number of carbonyl (C=O) groups is 2. The Morgan fingerprint density at radius 1 is 0.944 bits per heavy atom. The second-order valence-electron chi connectivity index (χ2n) is 4.61. The van der Waals surface area contributed by atoms with E-state index in [9.17, 15) is 9.59 Å². The summed E-state index contributed by atoms with van der Waals surface area (Å²) in [4.78, 5) is 20.3. The van der Waals surface area contributed by atoms with Crippen molar-refractivity contribution in [1.29, 1.82) is 10.5 Å². The summed E-state index contributed by atoms with van der Waals surface area (Å²) in [5.41, 5.74) is 0. The standard InChI is InChI=1S/2C6H7NO2/c2*7-2-1-4-3-5(4)6(8)9/h2*4-5H,1,3H2,(H,8,9)/t2*4-,5+/m10/s1. The van der Waals surface area contributed by atoms with Gasteiger partial charge in [-0.05, 0) is 24.7 Å². The first-order valence-electron chi connectivity index (χ1n) is 5.70. The van der Waals surface area contributed by atoms with Crippen LogP contribution < -0.4 is 0 Å². The molecule has 2 aliphatic rings. The Kier molecular flexibility index (Phi) is 4.67. The third kappa shape index (κ3) is 4.06. The van der Waals surface area contributed by atoms with Gasteiger partial charge in [-0.3, -0.25) is 9.59 Å². The number of nitriles is 2. The number of carboxylic acid groups (broad SMARTS) is 2. The van der Waals surface area contributed by atoms with Gasteiger partial charge in [0.15, 0.2) is 0 Å². The SMILES string of the molecule is N#CC[C@@H]1C[C@@H]1C(=O)O.N#CC[C@H]1C[C@H]1C(=O)O. The van der Waals surface area contributed by atoms with Crippen LogP contribution in [-0.2, 0) is 9.59 Å². The Hall–Kier alpha value is -2.08. The number of carboxylic acids is 2. The Morgan fingerprint density at radius 2 is 1.28 bits per heavy atom. The predicted octanol–water partition coefficient (Wildman–Crippen LogP) is 1.24. The van der Waals surface area contributed by atoms with Crippen LogP contribution in [0, 0.1) is 46.3 Å². The zero-order valence-corrected chi connectivity index (χ0v) is 9.74. The summed E-state index contributed by atoms with van der Waals surface area (Å²) in [7, 11) is 0. The molecule has 0 spiro atoms. The van der Waals surface area contributed by atoms with Crippen molar-refractivity contribution in [3.05, 3.63) is 0 Å². The molecular formula is C12H14N2O4. The highest BCUT2D eigenvalue weighted by atomic mass is 16.4. The van der Waals surface area contributed by atoms with E-state index < -0.39 is 11.9 Å². The molecule has 4 atom stereocenters. The van der Waals surface area contributed by atoms with E-state index >= 15 is 0 Å². The fraction of sp³-hybridized carbons (Fsp3) is 0.667. The van der Waals surface area contributed by atoms with Crippen LogP contribution >= 0.6 is 0 Å². The maximum Gasteiger partial charge on any atom is 0.306 e. The van der Waals surface area contributed by atoms with Gasteiger partial charge in [-0.25, -0.2) is 0 Å². The molecule has 2 aliphatic carbocycles. The smallest absolute Gasteiger partial charge is 0.306 e. The summed E-state index contributed by atoms with van der Waals surface area (Å²) in [5.74, 6) is -1.65. The lowest BCUT2D eigenvalue weighted by Gasteiger charge is -1.83. The summed E-state index contributed by atoms with van der Waals surface area (Å²) in [6.07, 6.45) is 2.19. The molecule has 0 heterocycles. The van der Waals surface area contributed by atoms with Crippen LogP contribution in [0.15, 0.2) is 0 Å². The quantitative estimate of drug-likeness (QED) is 0.773. The predicted molar refractivity (Wildman–Crippen MR) is 58.9 cm³/mol. The average Bonchev–Trinajstić information content (AvgIpc) is 3.13. The molecule has 6 heteroatoms. The number of hydrogen-bond acceptors (Lipinski definition) is 4. The van der Waals surface area contributed by atoms with Crippen LogP contribution in [0.3, 0.4) is 0 Å². The summed E-state index contributed by atoms with van der Waals surface area (Å²) in [6.45, 7) is 0. The second kappa shape index (κ2) is 6.02. The summed E-state index contributed by atoms with van der Waals surface area (Å²) < 4.78 is 0. The molecule has 2 rings (SSSR count). The summed E-state index contributed by atoms with van der Waals surface area (Å²) in [5, 5.41) is 32.9. The van der Waals surface area contributed by atoms with Gasteiger partial charge in [0, 0.05) is 12.8 Å². The van der Waals surface area contributed by atoms with E-state index in [1.165, 1.54) is 0 Å². The second-order valence-corrected chi connectivity index (χ2v) is 4.61. The summed E-state index contributed by atoms with van der Waals surface area (Å²) >= 11 is 0. The molecule has 2 saturated carbocycles. The highest BCUT2D eigenvalue weighted by Crippen LogP contribution is 2.41. The Balaban J connectivity index is 0.000000180. The molecule has 6 nitrogen and oxygen atoms in total. The topological polar surface area (TPSA) is 122 Å². The van der Waals surface area contributed by atoms with E-state index in [1.54, 1.807) is 0 Å². The fourth-order valence-corrected chi connectivity index (χ4v) is 1.79. The molecule has 2 N–H and O–H groups in total. The highest BCUT2D eigenvalue weighted by molar-refractivity contribution is 5.73. The first-order chi connectivity index (χ1) is 8.51. The van der Waals surface area contributed by atoms with Crippen molar-refractivity contribution in [2.75, 3.05) is 0 Å². The molecule has 0 aromatic carbocycles. The van der Waals surface area contributed by atoms with Crippen molar-refractivity contribution in [2.24, 2.45) is 23.7 Å². The maximum atomic E-state index is 10.1. The van der Waals surface area contributed by atoms with Crippen LogP contribution in [0.2, 0.25) is 0 Å². The first-order valence-corrected chi connectivity index (χ1v) is 5.70. The Labute approximate surface area is 104 Å². The van der Waals surface area contributed by atoms with Crippen LogP contribution in [0.25, 0.3) is 0 Å². The number of rotatable bonds is 4. The molecule has 0 amide bonds. The van der Waals surface area contributed by atoms with E-state index in [4.69, 9.17) is 20.7 Å². The molecule has 0 saturated heterocycles. The van der Waals surface area contributed by atoms with Gasteiger partial charge < -0.3 is 10.2 Å². The van der Waals surface area contributed by atoms with Gasteiger partial charge in [0.2, 0.25) is 0 Å². The Morgan fingerprint density at radius 3 is 1.44 bits per heavy atom. The first kappa shape index (κ1) is 14.0. The van der Waals surface area contributed by atoms with Crippen molar-refractivity contribution < 1.29 is 19.8 Å². The van der Waals surface area contributed by atoms with Crippen molar-refractivity contribution in [2.45, 2.75) is 25.7 Å². The highest BCUT2D eigenvalue weighted by Gasteiger charge is 2.43. The number of hydrogen-bond donors (Lipinski definition) is 2. The number of nitrogens with zero attached hydrogens (tertiary/aromatic N) is 2. The molecule has 0 bridgehead atoms. The van der Waals surface area contributed by atoms with Gasteiger partial charge in [0.25, 0.3) is 0 Å². The minimum absolute atomic E-state index is 0.146. The van der Waals surface area contributed by atoms with Crippen molar-refractivity contribution in [3.8, 4) is 12.1 Å².